The fourth-order valence-electron chi connectivity index (χ4n) is 1.86. The minimum atomic E-state index is 0.514. The van der Waals surface area contributed by atoms with Crippen LogP contribution in [-0.2, 0) is 0 Å². The molecule has 3 nitrogen and oxygen atoms in total. The van der Waals surface area contributed by atoms with Gasteiger partial charge in [0.1, 0.15) is 5.52 Å². The number of oxazole rings is 1. The lowest BCUT2D eigenvalue weighted by Crippen LogP contribution is -1.88. The Bertz CT molecular complexity index is 830. The molecule has 3 aromatic rings. The second-order valence-electron chi connectivity index (χ2n) is 4.42. The van der Waals surface area contributed by atoms with Gasteiger partial charge in [-0.2, -0.15) is 0 Å². The molecule has 1 heterocycles. The van der Waals surface area contributed by atoms with E-state index in [-0.39, 0.29) is 0 Å². The van der Waals surface area contributed by atoms with Gasteiger partial charge in [0.15, 0.2) is 5.58 Å². The van der Waals surface area contributed by atoms with Crippen LogP contribution in [0.4, 0.5) is 5.69 Å². The van der Waals surface area contributed by atoms with Crippen molar-refractivity contribution in [2.24, 2.45) is 0 Å². The zero-order valence-electron chi connectivity index (χ0n) is 10.4. The summed E-state index contributed by atoms with van der Waals surface area (Å²) in [5.74, 6) is 0.514. The Morgan fingerprint density at radius 3 is 2.70 bits per heavy atom. The summed E-state index contributed by atoms with van der Waals surface area (Å²) in [4.78, 5) is 4.48. The molecule has 1 aromatic heterocycles. The van der Waals surface area contributed by atoms with Gasteiger partial charge in [0.25, 0.3) is 0 Å². The smallest absolute Gasteiger partial charge is 0.227 e. The van der Waals surface area contributed by atoms with Crippen LogP contribution in [0.1, 0.15) is 5.56 Å². The number of nitrogens with zero attached hydrogens (tertiary/aromatic N) is 1. The van der Waals surface area contributed by atoms with Gasteiger partial charge < -0.3 is 10.2 Å². The van der Waals surface area contributed by atoms with E-state index < -0.39 is 0 Å². The summed E-state index contributed by atoms with van der Waals surface area (Å²) in [5, 5.41) is 0.685. The molecule has 0 atom stereocenters. The highest BCUT2D eigenvalue weighted by molar-refractivity contribution is 9.11. The first-order chi connectivity index (χ1) is 9.47. The third kappa shape index (κ3) is 2.24. The number of fused-ring (bicyclic) bond motifs is 1. The number of nitrogens with two attached hydrogens (primary N) is 1. The van der Waals surface area contributed by atoms with Gasteiger partial charge in [0, 0.05) is 15.1 Å². The molecular formula is C14H9Br2ClN2O. The molecule has 102 valence electrons. The van der Waals surface area contributed by atoms with Crippen LogP contribution < -0.4 is 5.73 Å². The summed E-state index contributed by atoms with van der Waals surface area (Å²) >= 11 is 13.0. The van der Waals surface area contributed by atoms with Crippen molar-refractivity contribution in [1.82, 2.24) is 4.98 Å². The Morgan fingerprint density at radius 1 is 1.25 bits per heavy atom. The average Bonchev–Trinajstić information content (AvgIpc) is 2.83. The summed E-state index contributed by atoms with van der Waals surface area (Å²) in [6.45, 7) is 1.95. The Hall–Kier alpha value is -1.04. The van der Waals surface area contributed by atoms with Crippen LogP contribution in [0.3, 0.4) is 0 Å². The molecule has 0 spiro atoms. The van der Waals surface area contributed by atoms with Gasteiger partial charge in [-0.25, -0.2) is 4.98 Å². The van der Waals surface area contributed by atoms with E-state index in [1.807, 2.05) is 31.2 Å². The van der Waals surface area contributed by atoms with Crippen molar-refractivity contribution < 1.29 is 4.42 Å². The van der Waals surface area contributed by atoms with Crippen molar-refractivity contribution in [3.63, 3.8) is 0 Å². The first-order valence-corrected chi connectivity index (χ1v) is 7.74. The highest BCUT2D eigenvalue weighted by Gasteiger charge is 2.15. The van der Waals surface area contributed by atoms with E-state index in [0.29, 0.717) is 26.7 Å². The molecule has 2 N–H and O–H groups in total. The molecule has 20 heavy (non-hydrogen) atoms. The highest BCUT2D eigenvalue weighted by atomic mass is 79.9. The lowest BCUT2D eigenvalue weighted by Gasteiger charge is -2.00. The number of aryl methyl sites for hydroxylation is 1. The second kappa shape index (κ2) is 5.06. The third-order valence-electron chi connectivity index (χ3n) is 3.03. The van der Waals surface area contributed by atoms with E-state index in [4.69, 9.17) is 21.8 Å². The van der Waals surface area contributed by atoms with E-state index in [0.717, 1.165) is 21.1 Å². The second-order valence-corrected chi connectivity index (χ2v) is 6.47. The maximum Gasteiger partial charge on any atom is 0.227 e. The minimum Gasteiger partial charge on any atom is -0.435 e. The van der Waals surface area contributed by atoms with Crippen LogP contribution in [0.2, 0.25) is 5.02 Å². The first kappa shape index (κ1) is 13.9. The number of benzene rings is 2. The number of nitrogen functional groups attached to an aromatic ring is 1. The van der Waals surface area contributed by atoms with Crippen LogP contribution in [0.25, 0.3) is 22.6 Å². The number of anilines is 1. The summed E-state index contributed by atoms with van der Waals surface area (Å²) in [6.07, 6.45) is 0. The van der Waals surface area contributed by atoms with Crippen LogP contribution in [0.5, 0.6) is 0 Å². The fraction of sp³-hybridized carbons (Fsp3) is 0.0714. The number of hydrogen-bond donors (Lipinski definition) is 1. The number of aromatic nitrogens is 1. The molecule has 0 fully saturated rings. The number of hydrogen-bond acceptors (Lipinski definition) is 3. The molecule has 0 saturated heterocycles. The largest absolute Gasteiger partial charge is 0.435 e. The molecule has 3 rings (SSSR count). The minimum absolute atomic E-state index is 0.514. The van der Waals surface area contributed by atoms with Crippen molar-refractivity contribution in [1.29, 1.82) is 0 Å². The molecule has 0 radical (unpaired) electrons. The molecule has 6 heteroatoms. The van der Waals surface area contributed by atoms with Gasteiger partial charge in [-0.05, 0) is 62.5 Å². The summed E-state index contributed by atoms with van der Waals surface area (Å²) in [6, 6.07) is 7.54. The van der Waals surface area contributed by atoms with Gasteiger partial charge in [0.05, 0.1) is 10.2 Å². The van der Waals surface area contributed by atoms with Gasteiger partial charge in [0.2, 0.25) is 5.89 Å². The Labute approximate surface area is 137 Å². The molecular weight excluding hydrogens is 407 g/mol. The molecule has 0 aliphatic rings. The number of halogens is 3. The van der Waals surface area contributed by atoms with Gasteiger partial charge in [-0.1, -0.05) is 17.7 Å². The quantitative estimate of drug-likeness (QED) is 0.528. The fourth-order valence-corrected chi connectivity index (χ4v) is 3.22. The van der Waals surface area contributed by atoms with Crippen LogP contribution in [-0.4, -0.2) is 4.98 Å². The number of rotatable bonds is 1. The van der Waals surface area contributed by atoms with E-state index >= 15 is 0 Å². The molecule has 0 bridgehead atoms. The third-order valence-corrected chi connectivity index (χ3v) is 4.88. The van der Waals surface area contributed by atoms with E-state index in [2.05, 4.69) is 36.8 Å². The summed E-state index contributed by atoms with van der Waals surface area (Å²) in [5.41, 5.74) is 9.72. The lowest BCUT2D eigenvalue weighted by atomic mass is 10.1. The highest BCUT2D eigenvalue weighted by Crippen LogP contribution is 2.38. The molecule has 0 unspecified atom stereocenters. The zero-order chi connectivity index (χ0) is 14.4. The monoisotopic (exact) mass is 414 g/mol. The van der Waals surface area contributed by atoms with Gasteiger partial charge in [-0.3, -0.25) is 0 Å². The summed E-state index contributed by atoms with van der Waals surface area (Å²) < 4.78 is 7.27. The van der Waals surface area contributed by atoms with Crippen molar-refractivity contribution in [3.05, 3.63) is 43.8 Å². The first-order valence-electron chi connectivity index (χ1n) is 5.78. The van der Waals surface area contributed by atoms with Crippen molar-refractivity contribution in [2.45, 2.75) is 6.92 Å². The Balaban J connectivity index is 2.23. The molecule has 0 amide bonds. The van der Waals surface area contributed by atoms with Gasteiger partial charge >= 0.3 is 0 Å². The molecule has 0 aliphatic heterocycles. The van der Waals surface area contributed by atoms with Crippen molar-refractivity contribution in [2.75, 3.05) is 5.73 Å². The van der Waals surface area contributed by atoms with E-state index in [9.17, 15) is 0 Å². The molecule has 2 aromatic carbocycles. The summed E-state index contributed by atoms with van der Waals surface area (Å²) in [7, 11) is 0. The van der Waals surface area contributed by atoms with Gasteiger partial charge in [-0.15, -0.1) is 0 Å². The van der Waals surface area contributed by atoms with E-state index in [1.54, 1.807) is 0 Å². The molecule has 0 aliphatic carbocycles. The topological polar surface area (TPSA) is 52.0 Å². The van der Waals surface area contributed by atoms with Crippen molar-refractivity contribution >= 4 is 60.2 Å². The Morgan fingerprint density at radius 2 is 2.00 bits per heavy atom. The Kier molecular flexibility index (Phi) is 3.52. The average molecular weight is 416 g/mol. The predicted octanol–water partition coefficient (Wildman–Crippen LogP) is 5.56. The predicted molar refractivity (Wildman–Crippen MR) is 89.0 cm³/mol. The van der Waals surface area contributed by atoms with E-state index in [1.165, 1.54) is 0 Å². The SMILES string of the molecule is Cc1ccc(-c2nc3cc(Br)c(N)c(Br)c3o2)cc1Cl. The van der Waals surface area contributed by atoms with Crippen molar-refractivity contribution in [3.8, 4) is 11.5 Å². The van der Waals surface area contributed by atoms with Crippen LogP contribution in [0, 0.1) is 6.92 Å². The van der Waals surface area contributed by atoms with Crippen LogP contribution in [0.15, 0.2) is 37.6 Å². The van der Waals surface area contributed by atoms with Crippen LogP contribution >= 0.6 is 43.5 Å². The maximum absolute atomic E-state index is 6.14. The molecule has 0 saturated carbocycles. The standard InChI is InChI=1S/C14H9Br2ClN2O/c1-6-2-3-7(4-9(6)17)14-19-10-5-8(15)12(18)11(16)13(10)20-14/h2-5H,18H2,1H3. The zero-order valence-corrected chi connectivity index (χ0v) is 14.3. The normalized spacial score (nSPS) is 11.2. The lowest BCUT2D eigenvalue weighted by molar-refractivity contribution is 0.618. The maximum atomic E-state index is 6.14.